The van der Waals surface area contributed by atoms with Crippen molar-refractivity contribution in [3.05, 3.63) is 46.9 Å². The lowest BCUT2D eigenvalue weighted by atomic mass is 10.0. The van der Waals surface area contributed by atoms with E-state index >= 15 is 0 Å². The first-order chi connectivity index (χ1) is 12.2. The van der Waals surface area contributed by atoms with E-state index in [1.54, 1.807) is 17.5 Å². The van der Waals surface area contributed by atoms with E-state index in [-0.39, 0.29) is 12.5 Å². The van der Waals surface area contributed by atoms with Gasteiger partial charge in [0.05, 0.1) is 25.4 Å². The number of morpholine rings is 1. The van der Waals surface area contributed by atoms with Gasteiger partial charge in [-0.25, -0.2) is 0 Å². The normalized spacial score (nSPS) is 25.3. The summed E-state index contributed by atoms with van der Waals surface area (Å²) in [5.41, 5.74) is 1.62. The van der Waals surface area contributed by atoms with Crippen molar-refractivity contribution in [1.29, 1.82) is 0 Å². The summed E-state index contributed by atoms with van der Waals surface area (Å²) in [6.45, 7) is 4.16. The predicted octanol–water partition coefficient (Wildman–Crippen LogP) is 1.78. The summed E-state index contributed by atoms with van der Waals surface area (Å²) in [5.74, 6) is 0.00656. The van der Waals surface area contributed by atoms with E-state index in [1.807, 2.05) is 34.0 Å². The Bertz CT molecular complexity index is 710. The van der Waals surface area contributed by atoms with Gasteiger partial charge in [-0.2, -0.15) is 11.3 Å². The molecule has 0 aliphatic carbocycles. The van der Waals surface area contributed by atoms with E-state index in [4.69, 9.17) is 9.47 Å². The molecule has 0 N–H and O–H groups in total. The summed E-state index contributed by atoms with van der Waals surface area (Å²) in [5, 5.41) is 3.99. The van der Waals surface area contributed by atoms with E-state index < -0.39 is 5.60 Å². The standard InChI is InChI=1S/C18H21N3O3S/c22-17-10-24-18(13-21(17)16-3-7-25-11-16)12-20(5-6-23-14-18)9-15-2-1-4-19-8-15/h1-4,7-8,11H,5-6,9-10,12-14H2. The topological polar surface area (TPSA) is 54.9 Å². The first kappa shape index (κ1) is 16.7. The summed E-state index contributed by atoms with van der Waals surface area (Å²) >= 11 is 1.59. The van der Waals surface area contributed by atoms with Crippen LogP contribution in [0.3, 0.4) is 0 Å². The third-order valence-corrected chi connectivity index (χ3v) is 5.30. The average Bonchev–Trinajstić information content (AvgIpc) is 3.09. The lowest BCUT2D eigenvalue weighted by Crippen LogP contribution is -2.60. The Labute approximate surface area is 151 Å². The molecule has 1 spiro atoms. The third-order valence-electron chi connectivity index (χ3n) is 4.62. The van der Waals surface area contributed by atoms with Crippen LogP contribution in [0.4, 0.5) is 5.69 Å². The van der Waals surface area contributed by atoms with Crippen molar-refractivity contribution in [2.75, 3.05) is 44.4 Å². The molecule has 2 fully saturated rings. The minimum atomic E-state index is -0.492. The summed E-state index contributed by atoms with van der Waals surface area (Å²) in [6.07, 6.45) is 3.67. The van der Waals surface area contributed by atoms with Crippen LogP contribution in [0.1, 0.15) is 5.56 Å². The zero-order valence-corrected chi connectivity index (χ0v) is 14.8. The number of carbonyl (C=O) groups excluding carboxylic acids is 1. The molecule has 2 aromatic heterocycles. The number of pyridine rings is 1. The second kappa shape index (κ2) is 7.21. The van der Waals surface area contributed by atoms with Crippen molar-refractivity contribution >= 4 is 22.9 Å². The van der Waals surface area contributed by atoms with Gasteiger partial charge in [0.25, 0.3) is 5.91 Å². The predicted molar refractivity (Wildman–Crippen MR) is 95.7 cm³/mol. The molecule has 2 saturated heterocycles. The Morgan fingerprint density at radius 1 is 1.32 bits per heavy atom. The Morgan fingerprint density at radius 2 is 2.28 bits per heavy atom. The highest BCUT2D eigenvalue weighted by molar-refractivity contribution is 7.08. The fourth-order valence-corrected chi connectivity index (χ4v) is 4.05. The third kappa shape index (κ3) is 3.74. The molecule has 7 heteroatoms. The largest absolute Gasteiger partial charge is 0.377 e. The van der Waals surface area contributed by atoms with Crippen LogP contribution in [0, 0.1) is 0 Å². The maximum absolute atomic E-state index is 12.3. The van der Waals surface area contributed by atoms with Crippen LogP contribution in [-0.4, -0.2) is 60.8 Å². The highest BCUT2D eigenvalue weighted by atomic mass is 32.1. The Hall–Kier alpha value is -1.80. The van der Waals surface area contributed by atoms with E-state index in [2.05, 4.69) is 16.0 Å². The molecule has 25 heavy (non-hydrogen) atoms. The molecule has 2 aliphatic rings. The molecular weight excluding hydrogens is 338 g/mol. The van der Waals surface area contributed by atoms with Gasteiger partial charge in [-0.15, -0.1) is 0 Å². The minimum Gasteiger partial charge on any atom is -0.377 e. The van der Waals surface area contributed by atoms with Crippen molar-refractivity contribution in [3.8, 4) is 0 Å². The lowest BCUT2D eigenvalue weighted by molar-refractivity contribution is -0.146. The minimum absolute atomic E-state index is 0.00656. The molecule has 1 atom stereocenters. The molecule has 0 radical (unpaired) electrons. The number of rotatable bonds is 3. The van der Waals surface area contributed by atoms with Gasteiger partial charge in [-0.05, 0) is 23.1 Å². The Morgan fingerprint density at radius 3 is 3.08 bits per heavy atom. The zero-order valence-electron chi connectivity index (χ0n) is 14.0. The van der Waals surface area contributed by atoms with Gasteiger partial charge in [-0.1, -0.05) is 6.07 Å². The molecule has 6 nitrogen and oxygen atoms in total. The number of nitrogens with zero attached hydrogens (tertiary/aromatic N) is 3. The maximum Gasteiger partial charge on any atom is 0.253 e. The number of hydrogen-bond donors (Lipinski definition) is 0. The Kier molecular flexibility index (Phi) is 4.80. The molecule has 0 bridgehead atoms. The number of ether oxygens (including phenoxy) is 2. The van der Waals surface area contributed by atoms with Gasteiger partial charge in [0.1, 0.15) is 12.2 Å². The van der Waals surface area contributed by atoms with Crippen molar-refractivity contribution in [3.63, 3.8) is 0 Å². The van der Waals surface area contributed by atoms with Gasteiger partial charge in [0.15, 0.2) is 0 Å². The molecule has 1 amide bonds. The monoisotopic (exact) mass is 359 g/mol. The van der Waals surface area contributed by atoms with Gasteiger partial charge in [-0.3, -0.25) is 14.7 Å². The smallest absolute Gasteiger partial charge is 0.253 e. The van der Waals surface area contributed by atoms with Crippen LogP contribution in [0.25, 0.3) is 0 Å². The quantitative estimate of drug-likeness (QED) is 0.836. The number of aromatic nitrogens is 1. The number of hydrogen-bond acceptors (Lipinski definition) is 6. The van der Waals surface area contributed by atoms with E-state index in [0.29, 0.717) is 19.8 Å². The molecule has 132 valence electrons. The number of anilines is 1. The van der Waals surface area contributed by atoms with Crippen LogP contribution < -0.4 is 4.90 Å². The first-order valence-electron chi connectivity index (χ1n) is 8.40. The molecular formula is C18H21N3O3S. The van der Waals surface area contributed by atoms with Crippen LogP contribution in [0.5, 0.6) is 0 Å². The SMILES string of the molecule is O=C1COC2(COCCN(Cc3cccnc3)C2)CN1c1ccsc1. The van der Waals surface area contributed by atoms with E-state index in [0.717, 1.165) is 25.3 Å². The van der Waals surface area contributed by atoms with Crippen molar-refractivity contribution in [2.45, 2.75) is 12.1 Å². The lowest BCUT2D eigenvalue weighted by Gasteiger charge is -2.42. The van der Waals surface area contributed by atoms with Crippen molar-refractivity contribution < 1.29 is 14.3 Å². The number of carbonyl (C=O) groups is 1. The maximum atomic E-state index is 12.3. The molecule has 2 aliphatic heterocycles. The summed E-state index contributed by atoms with van der Waals surface area (Å²) in [6, 6.07) is 6.01. The molecule has 0 aromatic carbocycles. The number of thiophene rings is 1. The van der Waals surface area contributed by atoms with Gasteiger partial charge in [0, 0.05) is 37.4 Å². The van der Waals surface area contributed by atoms with Crippen molar-refractivity contribution in [2.24, 2.45) is 0 Å². The fourth-order valence-electron chi connectivity index (χ4n) is 3.41. The van der Waals surface area contributed by atoms with Gasteiger partial charge >= 0.3 is 0 Å². The molecule has 4 rings (SSSR count). The van der Waals surface area contributed by atoms with E-state index in [9.17, 15) is 4.79 Å². The zero-order chi connectivity index (χ0) is 17.1. The van der Waals surface area contributed by atoms with Crippen LogP contribution >= 0.6 is 11.3 Å². The summed E-state index contributed by atoms with van der Waals surface area (Å²) < 4.78 is 11.9. The summed E-state index contributed by atoms with van der Waals surface area (Å²) in [7, 11) is 0. The molecule has 0 saturated carbocycles. The van der Waals surface area contributed by atoms with Gasteiger partial charge < -0.3 is 14.4 Å². The van der Waals surface area contributed by atoms with Gasteiger partial charge in [0.2, 0.25) is 0 Å². The van der Waals surface area contributed by atoms with Crippen LogP contribution in [0.15, 0.2) is 41.4 Å². The second-order valence-corrected chi connectivity index (χ2v) is 7.34. The van der Waals surface area contributed by atoms with Crippen LogP contribution in [0.2, 0.25) is 0 Å². The molecule has 1 unspecified atom stereocenters. The fraction of sp³-hybridized carbons (Fsp3) is 0.444. The molecule has 4 heterocycles. The highest BCUT2D eigenvalue weighted by Gasteiger charge is 2.43. The van der Waals surface area contributed by atoms with Crippen LogP contribution in [-0.2, 0) is 20.8 Å². The first-order valence-corrected chi connectivity index (χ1v) is 9.34. The highest BCUT2D eigenvalue weighted by Crippen LogP contribution is 2.28. The number of amides is 1. The van der Waals surface area contributed by atoms with Crippen molar-refractivity contribution in [1.82, 2.24) is 9.88 Å². The summed E-state index contributed by atoms with van der Waals surface area (Å²) in [4.78, 5) is 20.7. The second-order valence-electron chi connectivity index (χ2n) is 6.56. The Balaban J connectivity index is 1.52. The molecule has 2 aromatic rings. The average molecular weight is 359 g/mol. The van der Waals surface area contributed by atoms with E-state index in [1.165, 1.54) is 5.56 Å².